The van der Waals surface area contributed by atoms with Crippen LogP contribution in [0, 0.1) is 11.8 Å². The Kier molecular flexibility index (Phi) is 3.50. The van der Waals surface area contributed by atoms with Crippen molar-refractivity contribution in [2.24, 2.45) is 29.0 Å². The standard InChI is InChI=1S/C12H21N3/c1-4-8(2)11-7-10(12(13,14)15)6-5-9(11)3/h4-7,9,11H,13-15H2,1-3H3/b8-4+. The Morgan fingerprint density at radius 3 is 2.47 bits per heavy atom. The molecule has 0 heterocycles. The molecule has 0 fully saturated rings. The van der Waals surface area contributed by atoms with Crippen LogP contribution in [-0.2, 0) is 0 Å². The van der Waals surface area contributed by atoms with E-state index in [9.17, 15) is 0 Å². The largest absolute Gasteiger partial charge is 0.297 e. The molecule has 0 saturated heterocycles. The van der Waals surface area contributed by atoms with Gasteiger partial charge in [0.05, 0.1) is 0 Å². The Hall–Kier alpha value is -0.900. The molecule has 1 aliphatic carbocycles. The maximum Gasteiger partial charge on any atom is 0.142 e. The van der Waals surface area contributed by atoms with Crippen molar-refractivity contribution in [1.82, 2.24) is 0 Å². The van der Waals surface area contributed by atoms with E-state index in [4.69, 9.17) is 17.2 Å². The third-order valence-corrected chi connectivity index (χ3v) is 2.99. The van der Waals surface area contributed by atoms with Gasteiger partial charge < -0.3 is 0 Å². The van der Waals surface area contributed by atoms with Crippen molar-refractivity contribution in [2.45, 2.75) is 26.6 Å². The fraction of sp³-hybridized carbons (Fsp3) is 0.500. The summed E-state index contributed by atoms with van der Waals surface area (Å²) in [4.78, 5) is 0. The lowest BCUT2D eigenvalue weighted by atomic mass is 9.81. The molecule has 0 aromatic rings. The second kappa shape index (κ2) is 4.31. The van der Waals surface area contributed by atoms with E-state index in [2.05, 4.69) is 32.1 Å². The number of hydrogen-bond donors (Lipinski definition) is 3. The van der Waals surface area contributed by atoms with Crippen LogP contribution in [0.2, 0.25) is 0 Å². The molecule has 0 radical (unpaired) electrons. The fourth-order valence-corrected chi connectivity index (χ4v) is 1.80. The first-order valence-corrected chi connectivity index (χ1v) is 5.26. The quantitative estimate of drug-likeness (QED) is 0.471. The predicted octanol–water partition coefficient (Wildman–Crippen LogP) is 1.23. The van der Waals surface area contributed by atoms with Gasteiger partial charge in [-0.2, -0.15) is 0 Å². The molecule has 15 heavy (non-hydrogen) atoms. The van der Waals surface area contributed by atoms with Crippen molar-refractivity contribution in [3.63, 3.8) is 0 Å². The van der Waals surface area contributed by atoms with E-state index in [1.165, 1.54) is 5.57 Å². The summed E-state index contributed by atoms with van der Waals surface area (Å²) in [6, 6.07) is 0. The Balaban J connectivity index is 3.01. The summed E-state index contributed by atoms with van der Waals surface area (Å²) in [7, 11) is 0. The summed E-state index contributed by atoms with van der Waals surface area (Å²) in [6.07, 6.45) is 8.21. The van der Waals surface area contributed by atoms with Crippen LogP contribution in [0.4, 0.5) is 0 Å². The Bertz CT molecular complexity index is 318. The molecule has 2 unspecified atom stereocenters. The molecule has 2 atom stereocenters. The van der Waals surface area contributed by atoms with Gasteiger partial charge in [0.25, 0.3) is 0 Å². The minimum Gasteiger partial charge on any atom is -0.297 e. The maximum atomic E-state index is 5.68. The average molecular weight is 207 g/mol. The zero-order valence-electron chi connectivity index (χ0n) is 9.70. The SMILES string of the molecule is C/C=C(\C)C1C=C(C(N)(N)N)C=CC1C. The van der Waals surface area contributed by atoms with Gasteiger partial charge in [-0.05, 0) is 25.3 Å². The van der Waals surface area contributed by atoms with Crippen LogP contribution in [0.15, 0.2) is 35.5 Å². The van der Waals surface area contributed by atoms with Crippen LogP contribution < -0.4 is 17.2 Å². The van der Waals surface area contributed by atoms with E-state index in [0.717, 1.165) is 5.57 Å². The second-order valence-electron chi connectivity index (χ2n) is 4.33. The molecule has 0 aliphatic heterocycles. The second-order valence-corrected chi connectivity index (χ2v) is 4.33. The minimum absolute atomic E-state index is 0.352. The zero-order chi connectivity index (χ0) is 11.6. The lowest BCUT2D eigenvalue weighted by molar-refractivity contribution is 0.516. The summed E-state index contributed by atoms with van der Waals surface area (Å²) in [5.41, 5.74) is 19.1. The summed E-state index contributed by atoms with van der Waals surface area (Å²) >= 11 is 0. The molecular weight excluding hydrogens is 186 g/mol. The lowest BCUT2D eigenvalue weighted by Gasteiger charge is -2.29. The normalized spacial score (nSPS) is 27.9. The molecule has 0 amide bonds. The summed E-state index contributed by atoms with van der Waals surface area (Å²) in [5, 5.41) is 0. The lowest BCUT2D eigenvalue weighted by Crippen LogP contribution is -2.59. The van der Waals surface area contributed by atoms with E-state index in [1.807, 2.05) is 13.0 Å². The highest BCUT2D eigenvalue weighted by Gasteiger charge is 2.24. The van der Waals surface area contributed by atoms with E-state index in [0.29, 0.717) is 11.8 Å². The molecule has 0 aromatic carbocycles. The van der Waals surface area contributed by atoms with Crippen molar-refractivity contribution in [1.29, 1.82) is 0 Å². The monoisotopic (exact) mass is 207 g/mol. The van der Waals surface area contributed by atoms with E-state index < -0.39 is 5.79 Å². The summed E-state index contributed by atoms with van der Waals surface area (Å²) in [6.45, 7) is 6.32. The number of rotatable bonds is 2. The molecule has 84 valence electrons. The highest BCUT2D eigenvalue weighted by molar-refractivity contribution is 5.35. The van der Waals surface area contributed by atoms with Crippen molar-refractivity contribution < 1.29 is 0 Å². The van der Waals surface area contributed by atoms with Crippen LogP contribution in [0.5, 0.6) is 0 Å². The van der Waals surface area contributed by atoms with Gasteiger partial charge in [0.1, 0.15) is 5.79 Å². The van der Waals surface area contributed by atoms with Crippen molar-refractivity contribution in [2.75, 3.05) is 0 Å². The van der Waals surface area contributed by atoms with Gasteiger partial charge in [0.15, 0.2) is 0 Å². The highest BCUT2D eigenvalue weighted by atomic mass is 15.1. The highest BCUT2D eigenvalue weighted by Crippen LogP contribution is 2.29. The van der Waals surface area contributed by atoms with Crippen LogP contribution in [0.25, 0.3) is 0 Å². The Morgan fingerprint density at radius 1 is 1.40 bits per heavy atom. The van der Waals surface area contributed by atoms with E-state index in [-0.39, 0.29) is 0 Å². The number of allylic oxidation sites excluding steroid dienone is 4. The van der Waals surface area contributed by atoms with Gasteiger partial charge in [-0.25, -0.2) is 0 Å². The van der Waals surface area contributed by atoms with E-state index >= 15 is 0 Å². The zero-order valence-corrected chi connectivity index (χ0v) is 9.70. The van der Waals surface area contributed by atoms with Crippen molar-refractivity contribution >= 4 is 0 Å². The number of hydrogen-bond acceptors (Lipinski definition) is 3. The first-order valence-electron chi connectivity index (χ1n) is 5.26. The van der Waals surface area contributed by atoms with E-state index in [1.54, 1.807) is 0 Å². The van der Waals surface area contributed by atoms with Gasteiger partial charge >= 0.3 is 0 Å². The molecule has 1 aliphatic rings. The molecule has 0 spiro atoms. The van der Waals surface area contributed by atoms with Gasteiger partial charge in [0.2, 0.25) is 0 Å². The molecule has 0 bridgehead atoms. The first-order chi connectivity index (χ1) is 6.86. The Morgan fingerprint density at radius 2 is 2.00 bits per heavy atom. The van der Waals surface area contributed by atoms with Gasteiger partial charge in [-0.1, -0.05) is 36.8 Å². The number of nitrogens with two attached hydrogens (primary N) is 3. The third kappa shape index (κ3) is 2.78. The molecule has 6 N–H and O–H groups in total. The van der Waals surface area contributed by atoms with Crippen LogP contribution in [0.1, 0.15) is 20.8 Å². The smallest absolute Gasteiger partial charge is 0.142 e. The fourth-order valence-electron chi connectivity index (χ4n) is 1.80. The molecule has 0 saturated carbocycles. The van der Waals surface area contributed by atoms with Crippen molar-refractivity contribution in [3.8, 4) is 0 Å². The summed E-state index contributed by atoms with van der Waals surface area (Å²) < 4.78 is 0. The first kappa shape index (κ1) is 12.2. The van der Waals surface area contributed by atoms with Gasteiger partial charge in [-0.3, -0.25) is 17.2 Å². The Labute approximate surface area is 91.7 Å². The molecule has 3 heteroatoms. The summed E-state index contributed by atoms with van der Waals surface area (Å²) in [5.74, 6) is -0.416. The third-order valence-electron chi connectivity index (χ3n) is 2.99. The van der Waals surface area contributed by atoms with Gasteiger partial charge in [-0.15, -0.1) is 0 Å². The molecular formula is C12H21N3. The minimum atomic E-state index is -1.23. The molecule has 0 aromatic heterocycles. The van der Waals surface area contributed by atoms with Crippen LogP contribution >= 0.6 is 0 Å². The van der Waals surface area contributed by atoms with Crippen LogP contribution in [-0.4, -0.2) is 5.79 Å². The molecule has 3 nitrogen and oxygen atoms in total. The topological polar surface area (TPSA) is 78.1 Å². The maximum absolute atomic E-state index is 5.68. The average Bonchev–Trinajstić information content (AvgIpc) is 2.15. The van der Waals surface area contributed by atoms with Crippen molar-refractivity contribution in [3.05, 3.63) is 35.5 Å². The molecule has 1 rings (SSSR count). The predicted molar refractivity (Wildman–Crippen MR) is 64.6 cm³/mol. The van der Waals surface area contributed by atoms with Crippen LogP contribution in [0.3, 0.4) is 0 Å². The van der Waals surface area contributed by atoms with Gasteiger partial charge in [0, 0.05) is 5.92 Å².